The van der Waals surface area contributed by atoms with Crippen molar-refractivity contribution in [3.8, 4) is 0 Å². The molecular weight excluding hydrogens is 498 g/mol. The lowest BCUT2D eigenvalue weighted by Crippen LogP contribution is -2.53. The maximum atomic E-state index is 13.4. The Labute approximate surface area is 226 Å². The molecule has 2 amide bonds. The zero-order chi connectivity index (χ0) is 27.6. The quantitative estimate of drug-likeness (QED) is 0.218. The fourth-order valence-corrected chi connectivity index (χ4v) is 4.99. The minimum Gasteiger partial charge on any atom is -0.394 e. The van der Waals surface area contributed by atoms with Gasteiger partial charge in [-0.25, -0.2) is 9.97 Å². The van der Waals surface area contributed by atoms with E-state index in [9.17, 15) is 19.8 Å². The van der Waals surface area contributed by atoms with Crippen molar-refractivity contribution < 1.29 is 19.8 Å². The lowest BCUT2D eigenvalue weighted by Gasteiger charge is -2.28. The Morgan fingerprint density at radius 3 is 2.62 bits per heavy atom. The number of nitrogens with zero attached hydrogens (tertiary/aromatic N) is 2. The molecule has 11 heteroatoms. The van der Waals surface area contributed by atoms with Gasteiger partial charge in [0.05, 0.1) is 52.8 Å². The number of pyridine rings is 2. The molecule has 3 aromatic rings. The number of hydrogen-bond donors (Lipinski definition) is 7. The first-order chi connectivity index (χ1) is 18.7. The van der Waals surface area contributed by atoms with Crippen molar-refractivity contribution in [2.75, 3.05) is 36.9 Å². The molecular formula is C28H33N7O4. The van der Waals surface area contributed by atoms with E-state index >= 15 is 0 Å². The monoisotopic (exact) mass is 531 g/mol. The van der Waals surface area contributed by atoms with Gasteiger partial charge < -0.3 is 36.8 Å². The Morgan fingerprint density at radius 2 is 1.92 bits per heavy atom. The van der Waals surface area contributed by atoms with Gasteiger partial charge in [-0.15, -0.1) is 0 Å². The molecule has 4 heterocycles. The highest BCUT2D eigenvalue weighted by atomic mass is 16.3. The summed E-state index contributed by atoms with van der Waals surface area (Å²) in [5.74, 6) is 0.358. The first-order valence-corrected chi connectivity index (χ1v) is 12.9. The van der Waals surface area contributed by atoms with Gasteiger partial charge in [0.1, 0.15) is 11.6 Å². The van der Waals surface area contributed by atoms with E-state index in [0.29, 0.717) is 48.1 Å². The molecule has 0 bridgehead atoms. The number of carbonyl (C=O) groups excluding carboxylic acids is 2. The van der Waals surface area contributed by atoms with Crippen LogP contribution in [0.25, 0.3) is 0 Å². The molecule has 1 saturated heterocycles. The van der Waals surface area contributed by atoms with Crippen LogP contribution in [0, 0.1) is 0 Å². The lowest BCUT2D eigenvalue weighted by molar-refractivity contribution is 0.0852. The van der Waals surface area contributed by atoms with Gasteiger partial charge in [0, 0.05) is 18.8 Å². The van der Waals surface area contributed by atoms with Crippen LogP contribution in [-0.2, 0) is 5.54 Å². The average Bonchev–Trinajstić information content (AvgIpc) is 3.49. The van der Waals surface area contributed by atoms with Crippen LogP contribution in [0.2, 0.25) is 0 Å². The molecule has 1 unspecified atom stereocenters. The number of amides is 2. The topological polar surface area (TPSA) is 161 Å². The fourth-order valence-electron chi connectivity index (χ4n) is 4.99. The summed E-state index contributed by atoms with van der Waals surface area (Å²) in [7, 11) is 0. The Bertz CT molecular complexity index is 1370. The maximum absolute atomic E-state index is 13.4. The SMILES string of the molecule is CC1(C)NC(=O)c2ccc(Nc3cc(N[C@H](CO)c4ccccc4)c(C(=O)NC4(CO)CCNC4)cn3)nc21. The van der Waals surface area contributed by atoms with Gasteiger partial charge in [-0.2, -0.15) is 0 Å². The fraction of sp³-hybridized carbons (Fsp3) is 0.357. The van der Waals surface area contributed by atoms with E-state index in [-0.39, 0.29) is 30.6 Å². The number of carbonyl (C=O) groups is 2. The Morgan fingerprint density at radius 1 is 1.13 bits per heavy atom. The summed E-state index contributed by atoms with van der Waals surface area (Å²) in [6, 6.07) is 14.1. The molecule has 0 saturated carbocycles. The molecule has 204 valence electrons. The normalized spacial score (nSPS) is 20.2. The van der Waals surface area contributed by atoms with Crippen LogP contribution in [0.5, 0.6) is 0 Å². The highest BCUT2D eigenvalue weighted by molar-refractivity contribution is 6.01. The largest absolute Gasteiger partial charge is 0.394 e. The molecule has 0 radical (unpaired) electrons. The number of aliphatic hydroxyl groups excluding tert-OH is 2. The van der Waals surface area contributed by atoms with Crippen LogP contribution in [-0.4, -0.2) is 63.8 Å². The van der Waals surface area contributed by atoms with Crippen LogP contribution >= 0.6 is 0 Å². The Hall–Kier alpha value is -4.06. The summed E-state index contributed by atoms with van der Waals surface area (Å²) in [5.41, 5.74) is 1.38. The molecule has 2 aliphatic rings. The standard InChI is InChI=1S/C28H33N7O4/c1-27(2)24-18(25(38)34-27)8-9-22(33-24)32-23-12-20(31-21(14-36)17-6-4-3-5-7-17)19(13-30-23)26(39)35-28(16-37)10-11-29-15-28/h3-9,12-13,21,29,36-37H,10-11,14-16H2,1-2H3,(H,34,38)(H,35,39)(H2,30,31,32,33)/t21-,28?/m1/s1. The Kier molecular flexibility index (Phi) is 7.21. The molecule has 7 N–H and O–H groups in total. The zero-order valence-corrected chi connectivity index (χ0v) is 21.9. The molecule has 2 aromatic heterocycles. The zero-order valence-electron chi connectivity index (χ0n) is 21.9. The minimum atomic E-state index is -0.756. The van der Waals surface area contributed by atoms with Gasteiger partial charge in [-0.1, -0.05) is 30.3 Å². The van der Waals surface area contributed by atoms with Gasteiger partial charge >= 0.3 is 0 Å². The maximum Gasteiger partial charge on any atom is 0.255 e. The molecule has 39 heavy (non-hydrogen) atoms. The third-order valence-electron chi connectivity index (χ3n) is 7.20. The van der Waals surface area contributed by atoms with E-state index < -0.39 is 17.1 Å². The van der Waals surface area contributed by atoms with Gasteiger partial charge in [0.15, 0.2) is 0 Å². The predicted octanol–water partition coefficient (Wildman–Crippen LogP) is 1.80. The summed E-state index contributed by atoms with van der Waals surface area (Å²) in [5, 5.41) is 35.7. The van der Waals surface area contributed by atoms with Gasteiger partial charge in [0.25, 0.3) is 11.8 Å². The molecule has 5 rings (SSSR count). The van der Waals surface area contributed by atoms with Crippen molar-refractivity contribution >= 4 is 29.1 Å². The van der Waals surface area contributed by atoms with Crippen LogP contribution in [0.4, 0.5) is 17.3 Å². The second-order valence-corrected chi connectivity index (χ2v) is 10.5. The molecule has 0 aliphatic carbocycles. The van der Waals surface area contributed by atoms with Crippen molar-refractivity contribution in [2.24, 2.45) is 0 Å². The van der Waals surface area contributed by atoms with Gasteiger partial charge in [-0.05, 0) is 44.5 Å². The van der Waals surface area contributed by atoms with Crippen LogP contribution in [0.3, 0.4) is 0 Å². The van der Waals surface area contributed by atoms with Crippen molar-refractivity contribution in [3.05, 3.63) is 77.1 Å². The van der Waals surface area contributed by atoms with Crippen LogP contribution in [0.1, 0.15) is 58.3 Å². The summed E-state index contributed by atoms with van der Waals surface area (Å²) in [4.78, 5) is 34.8. The smallest absolute Gasteiger partial charge is 0.255 e. The number of hydrogen-bond acceptors (Lipinski definition) is 9. The van der Waals surface area contributed by atoms with E-state index in [1.165, 1.54) is 6.20 Å². The van der Waals surface area contributed by atoms with E-state index in [0.717, 1.165) is 5.56 Å². The predicted molar refractivity (Wildman–Crippen MR) is 147 cm³/mol. The minimum absolute atomic E-state index is 0.164. The summed E-state index contributed by atoms with van der Waals surface area (Å²) in [6.45, 7) is 4.54. The summed E-state index contributed by atoms with van der Waals surface area (Å²) < 4.78 is 0. The van der Waals surface area contributed by atoms with E-state index in [1.54, 1.807) is 18.2 Å². The number of anilines is 3. The van der Waals surface area contributed by atoms with Crippen LogP contribution in [0.15, 0.2) is 54.7 Å². The molecule has 1 fully saturated rings. The highest BCUT2D eigenvalue weighted by Crippen LogP contribution is 2.31. The molecule has 2 atom stereocenters. The van der Waals surface area contributed by atoms with E-state index in [4.69, 9.17) is 0 Å². The molecule has 11 nitrogen and oxygen atoms in total. The van der Waals surface area contributed by atoms with Crippen molar-refractivity contribution in [2.45, 2.75) is 37.4 Å². The second-order valence-electron chi connectivity index (χ2n) is 10.5. The number of aliphatic hydroxyl groups is 2. The highest BCUT2D eigenvalue weighted by Gasteiger charge is 2.37. The number of benzene rings is 1. The number of rotatable bonds is 9. The third kappa shape index (κ3) is 5.42. The van der Waals surface area contributed by atoms with E-state index in [2.05, 4.69) is 36.6 Å². The first-order valence-electron chi connectivity index (χ1n) is 12.9. The lowest BCUT2D eigenvalue weighted by atomic mass is 9.99. The van der Waals surface area contributed by atoms with Crippen molar-refractivity contribution in [1.82, 2.24) is 25.9 Å². The average molecular weight is 532 g/mol. The third-order valence-corrected chi connectivity index (χ3v) is 7.20. The first kappa shape index (κ1) is 26.5. The Balaban J connectivity index is 1.47. The molecule has 1 aromatic carbocycles. The van der Waals surface area contributed by atoms with E-state index in [1.807, 2.05) is 44.2 Å². The summed E-state index contributed by atoms with van der Waals surface area (Å²) in [6.07, 6.45) is 2.06. The van der Waals surface area contributed by atoms with Crippen LogP contribution < -0.4 is 26.6 Å². The van der Waals surface area contributed by atoms with Crippen molar-refractivity contribution in [3.63, 3.8) is 0 Å². The molecule has 2 aliphatic heterocycles. The number of fused-ring (bicyclic) bond motifs is 1. The van der Waals surface area contributed by atoms with Crippen molar-refractivity contribution in [1.29, 1.82) is 0 Å². The summed E-state index contributed by atoms with van der Waals surface area (Å²) >= 11 is 0. The number of aromatic nitrogens is 2. The number of nitrogens with one attached hydrogen (secondary N) is 5. The second kappa shape index (κ2) is 10.6. The molecule has 0 spiro atoms. The van der Waals surface area contributed by atoms with Gasteiger partial charge in [0.2, 0.25) is 0 Å². The van der Waals surface area contributed by atoms with Gasteiger partial charge in [-0.3, -0.25) is 9.59 Å².